The van der Waals surface area contributed by atoms with Crippen LogP contribution in [0, 0.1) is 0 Å². The molecule has 0 aliphatic carbocycles. The van der Waals surface area contributed by atoms with E-state index in [2.05, 4.69) is 25.9 Å². The predicted octanol–water partition coefficient (Wildman–Crippen LogP) is 0.239. The maximum absolute atomic E-state index is 13.3. The molecule has 0 saturated carbocycles. The Balaban J connectivity index is 1.51. The highest BCUT2D eigenvalue weighted by molar-refractivity contribution is 5.99. The number of amides is 5. The highest BCUT2D eigenvalue weighted by Crippen LogP contribution is 2.19. The number of methoxy groups -OCH3 is 1. The molecule has 0 spiro atoms. The minimum Gasteiger partial charge on any atom is -0.497 e. The molecule has 2 atom stereocenters. The van der Waals surface area contributed by atoms with Crippen molar-refractivity contribution in [2.24, 2.45) is 0 Å². The average Bonchev–Trinajstić information content (AvgIpc) is 2.89. The highest BCUT2D eigenvalue weighted by atomic mass is 16.5. The number of anilines is 1. The molecule has 0 radical (unpaired) electrons. The third-order valence-electron chi connectivity index (χ3n) is 5.96. The van der Waals surface area contributed by atoms with Crippen LogP contribution in [0.4, 0.5) is 10.5 Å². The normalized spacial score (nSPS) is 20.0. The molecule has 12 heteroatoms. The van der Waals surface area contributed by atoms with Crippen LogP contribution in [0.25, 0.3) is 0 Å². The number of aromatic nitrogens is 2. The van der Waals surface area contributed by atoms with Crippen LogP contribution >= 0.6 is 0 Å². The summed E-state index contributed by atoms with van der Waals surface area (Å²) in [5, 5.41) is 8.27. The van der Waals surface area contributed by atoms with Gasteiger partial charge < -0.3 is 30.5 Å². The maximum Gasteiger partial charge on any atom is 0.321 e. The fraction of sp³-hybridized carbons (Fsp3) is 0.391. The summed E-state index contributed by atoms with van der Waals surface area (Å²) >= 11 is 0. The molecule has 3 heterocycles. The molecule has 1 aromatic heterocycles. The molecule has 2 fully saturated rings. The van der Waals surface area contributed by atoms with Crippen molar-refractivity contribution in [1.82, 2.24) is 30.4 Å². The first-order valence-corrected chi connectivity index (χ1v) is 11.3. The fourth-order valence-electron chi connectivity index (χ4n) is 4.09. The molecular formula is C23H27N7O5. The van der Waals surface area contributed by atoms with E-state index in [1.807, 2.05) is 0 Å². The van der Waals surface area contributed by atoms with Gasteiger partial charge in [0, 0.05) is 43.8 Å². The van der Waals surface area contributed by atoms with Crippen molar-refractivity contribution in [1.29, 1.82) is 0 Å². The van der Waals surface area contributed by atoms with Gasteiger partial charge in [0.05, 0.1) is 19.2 Å². The van der Waals surface area contributed by atoms with Crippen molar-refractivity contribution in [2.45, 2.75) is 24.9 Å². The van der Waals surface area contributed by atoms with Gasteiger partial charge in [0.2, 0.25) is 11.8 Å². The van der Waals surface area contributed by atoms with E-state index in [1.54, 1.807) is 24.3 Å². The van der Waals surface area contributed by atoms with E-state index in [4.69, 9.17) is 4.74 Å². The Morgan fingerprint density at radius 1 is 1.17 bits per heavy atom. The molecule has 5 amide bonds. The summed E-state index contributed by atoms with van der Waals surface area (Å²) in [6.45, 7) is 0.845. The number of rotatable bonds is 5. The Morgan fingerprint density at radius 3 is 2.71 bits per heavy atom. The first kappa shape index (κ1) is 23.9. The second-order valence-corrected chi connectivity index (χ2v) is 8.24. The zero-order chi connectivity index (χ0) is 24.8. The SMILES string of the molecule is COc1cccc(NC(=O)N2CCN(C(=O)c3cncnc3)[C@@H](C(=O)N[C@H]3CCCNC3=O)C2)c1. The van der Waals surface area contributed by atoms with Gasteiger partial charge in [-0.3, -0.25) is 14.4 Å². The average molecular weight is 482 g/mol. The number of carbonyl (C=O) groups is 4. The van der Waals surface area contributed by atoms with Crippen LogP contribution in [0.15, 0.2) is 43.0 Å². The predicted molar refractivity (Wildman–Crippen MR) is 125 cm³/mol. The van der Waals surface area contributed by atoms with Gasteiger partial charge in [-0.15, -0.1) is 0 Å². The molecule has 1 aromatic carbocycles. The smallest absolute Gasteiger partial charge is 0.321 e. The van der Waals surface area contributed by atoms with Crippen molar-refractivity contribution >= 4 is 29.4 Å². The van der Waals surface area contributed by atoms with Gasteiger partial charge in [-0.1, -0.05) is 6.07 Å². The minimum atomic E-state index is -0.998. The van der Waals surface area contributed by atoms with Gasteiger partial charge in [0.1, 0.15) is 24.2 Å². The quantitative estimate of drug-likeness (QED) is 0.554. The molecule has 184 valence electrons. The Labute approximate surface area is 202 Å². The Hall–Kier alpha value is -4.22. The van der Waals surface area contributed by atoms with Crippen molar-refractivity contribution in [3.05, 3.63) is 48.5 Å². The fourth-order valence-corrected chi connectivity index (χ4v) is 4.09. The number of nitrogens with one attached hydrogen (secondary N) is 3. The van der Waals surface area contributed by atoms with Gasteiger partial charge in [0.15, 0.2) is 0 Å². The summed E-state index contributed by atoms with van der Waals surface area (Å²) < 4.78 is 5.19. The monoisotopic (exact) mass is 481 g/mol. The topological polar surface area (TPSA) is 146 Å². The highest BCUT2D eigenvalue weighted by Gasteiger charge is 2.39. The molecule has 3 N–H and O–H groups in total. The van der Waals surface area contributed by atoms with Crippen LogP contribution in [-0.4, -0.2) is 88.9 Å². The van der Waals surface area contributed by atoms with Gasteiger partial charge in [-0.25, -0.2) is 14.8 Å². The Bertz CT molecular complexity index is 1100. The third kappa shape index (κ3) is 5.65. The number of hydrogen-bond donors (Lipinski definition) is 3. The summed E-state index contributed by atoms with van der Waals surface area (Å²) in [5.74, 6) is -0.600. The molecule has 2 aliphatic rings. The molecule has 0 unspecified atom stereocenters. The number of piperazine rings is 1. The second-order valence-electron chi connectivity index (χ2n) is 8.24. The first-order valence-electron chi connectivity index (χ1n) is 11.3. The summed E-state index contributed by atoms with van der Waals surface area (Å²) in [6, 6.07) is 4.81. The Kier molecular flexibility index (Phi) is 7.38. The molecule has 2 saturated heterocycles. The molecule has 0 bridgehead atoms. The largest absolute Gasteiger partial charge is 0.497 e. The van der Waals surface area contributed by atoms with E-state index in [0.29, 0.717) is 24.4 Å². The van der Waals surface area contributed by atoms with E-state index >= 15 is 0 Å². The first-order chi connectivity index (χ1) is 17.0. The number of nitrogens with zero attached hydrogens (tertiary/aromatic N) is 4. The number of ether oxygens (including phenoxy) is 1. The number of urea groups is 1. The summed E-state index contributed by atoms with van der Waals surface area (Å²) in [6.07, 6.45) is 5.30. The zero-order valence-corrected chi connectivity index (χ0v) is 19.3. The van der Waals surface area contributed by atoms with Crippen LogP contribution in [0.3, 0.4) is 0 Å². The van der Waals surface area contributed by atoms with Crippen molar-refractivity contribution in [3.8, 4) is 5.75 Å². The van der Waals surface area contributed by atoms with E-state index in [-0.39, 0.29) is 31.1 Å². The van der Waals surface area contributed by atoms with Gasteiger partial charge in [0.25, 0.3) is 5.91 Å². The van der Waals surface area contributed by atoms with Crippen LogP contribution in [-0.2, 0) is 9.59 Å². The van der Waals surface area contributed by atoms with E-state index in [0.717, 1.165) is 6.42 Å². The lowest BCUT2D eigenvalue weighted by atomic mass is 10.0. The minimum absolute atomic E-state index is 0.0462. The third-order valence-corrected chi connectivity index (χ3v) is 5.96. The van der Waals surface area contributed by atoms with Gasteiger partial charge >= 0.3 is 6.03 Å². The van der Waals surface area contributed by atoms with Crippen LogP contribution < -0.4 is 20.7 Å². The van der Waals surface area contributed by atoms with Crippen LogP contribution in [0.2, 0.25) is 0 Å². The molecular weight excluding hydrogens is 454 g/mol. The van der Waals surface area contributed by atoms with Crippen LogP contribution in [0.1, 0.15) is 23.2 Å². The molecule has 2 aromatic rings. The van der Waals surface area contributed by atoms with Crippen molar-refractivity contribution in [2.75, 3.05) is 38.6 Å². The zero-order valence-electron chi connectivity index (χ0n) is 19.3. The number of piperidine rings is 1. The summed E-state index contributed by atoms with van der Waals surface area (Å²) in [7, 11) is 1.53. The summed E-state index contributed by atoms with van der Waals surface area (Å²) in [5.41, 5.74) is 0.768. The Morgan fingerprint density at radius 2 is 1.97 bits per heavy atom. The van der Waals surface area contributed by atoms with Crippen molar-refractivity contribution in [3.63, 3.8) is 0 Å². The molecule has 12 nitrogen and oxygen atoms in total. The van der Waals surface area contributed by atoms with E-state index in [1.165, 1.54) is 35.6 Å². The number of benzene rings is 1. The van der Waals surface area contributed by atoms with Gasteiger partial charge in [-0.2, -0.15) is 0 Å². The molecule has 2 aliphatic heterocycles. The second kappa shape index (κ2) is 10.8. The van der Waals surface area contributed by atoms with Gasteiger partial charge in [-0.05, 0) is 25.0 Å². The molecule has 35 heavy (non-hydrogen) atoms. The van der Waals surface area contributed by atoms with E-state index < -0.39 is 29.9 Å². The van der Waals surface area contributed by atoms with E-state index in [9.17, 15) is 19.2 Å². The van der Waals surface area contributed by atoms with Crippen molar-refractivity contribution < 1.29 is 23.9 Å². The standard InChI is InChI=1S/C23H27N7O5/c1-35-17-5-2-4-16(10-17)27-23(34)29-8-9-30(22(33)15-11-24-14-25-12-15)19(13-29)21(32)28-18-6-3-7-26-20(18)31/h2,4-5,10-12,14,18-19H,3,6-9,13H2,1H3,(H,26,31)(H,27,34)(H,28,32)/t18-,19+/m0/s1. The lowest BCUT2D eigenvalue weighted by Crippen LogP contribution is -2.64. The maximum atomic E-state index is 13.3. The lowest BCUT2D eigenvalue weighted by Gasteiger charge is -2.41. The number of hydrogen-bond acceptors (Lipinski definition) is 7. The summed E-state index contributed by atoms with van der Waals surface area (Å²) in [4.78, 5) is 62.2. The molecule has 4 rings (SSSR count). The van der Waals surface area contributed by atoms with Crippen LogP contribution in [0.5, 0.6) is 5.75 Å². The number of carbonyl (C=O) groups excluding carboxylic acids is 4. The lowest BCUT2D eigenvalue weighted by molar-refractivity contribution is -0.133.